The number of hydrogen-bond acceptors (Lipinski definition) is 4. The van der Waals surface area contributed by atoms with Gasteiger partial charge in [0.05, 0.1) is 0 Å². The first-order valence-corrected chi connectivity index (χ1v) is 7.00. The Morgan fingerprint density at radius 2 is 1.96 bits per heavy atom. The lowest BCUT2D eigenvalue weighted by atomic mass is 10.1. The van der Waals surface area contributed by atoms with Gasteiger partial charge in [-0.2, -0.15) is 5.26 Å². The summed E-state index contributed by atoms with van der Waals surface area (Å²) >= 11 is 5.92. The summed E-state index contributed by atoms with van der Waals surface area (Å²) < 4.78 is 0. The van der Waals surface area contributed by atoms with Gasteiger partial charge in [-0.1, -0.05) is 17.7 Å². The number of nitriles is 1. The lowest BCUT2D eigenvalue weighted by Crippen LogP contribution is -2.13. The summed E-state index contributed by atoms with van der Waals surface area (Å²) in [5.41, 5.74) is 1.60. The van der Waals surface area contributed by atoms with Crippen LogP contribution in [0, 0.1) is 18.3 Å². The van der Waals surface area contributed by atoms with Crippen LogP contribution in [0.4, 0.5) is 5.69 Å². The number of anilines is 1. The molecule has 23 heavy (non-hydrogen) atoms. The second-order valence-corrected chi connectivity index (χ2v) is 5.24. The van der Waals surface area contributed by atoms with Gasteiger partial charge in [-0.25, -0.2) is 0 Å². The second-order valence-electron chi connectivity index (χ2n) is 4.84. The second kappa shape index (κ2) is 6.86. The monoisotopic (exact) mass is 328 g/mol. The van der Waals surface area contributed by atoms with Gasteiger partial charge in [-0.3, -0.25) is 4.79 Å². The number of halogens is 1. The number of rotatable bonds is 3. The van der Waals surface area contributed by atoms with E-state index in [-0.39, 0.29) is 17.1 Å². The molecule has 2 aromatic rings. The number of hydrogen-bond donors (Lipinski definition) is 3. The van der Waals surface area contributed by atoms with Crippen LogP contribution in [0.3, 0.4) is 0 Å². The summed E-state index contributed by atoms with van der Waals surface area (Å²) in [6.07, 6.45) is 1.32. The van der Waals surface area contributed by atoms with Crippen molar-refractivity contribution in [2.24, 2.45) is 0 Å². The highest BCUT2D eigenvalue weighted by Crippen LogP contribution is 2.26. The lowest BCUT2D eigenvalue weighted by molar-refractivity contribution is -0.112. The van der Waals surface area contributed by atoms with E-state index in [1.54, 1.807) is 25.1 Å². The molecule has 0 aliphatic carbocycles. The van der Waals surface area contributed by atoms with Gasteiger partial charge in [-0.05, 0) is 54.5 Å². The molecule has 2 aromatic carbocycles. The van der Waals surface area contributed by atoms with Crippen molar-refractivity contribution in [3.63, 3.8) is 0 Å². The third kappa shape index (κ3) is 4.02. The largest absolute Gasteiger partial charge is 0.504 e. The van der Waals surface area contributed by atoms with Crippen molar-refractivity contribution < 1.29 is 15.0 Å². The minimum absolute atomic E-state index is 0.136. The number of phenols is 2. The number of carbonyl (C=O) groups excluding carboxylic acids is 1. The smallest absolute Gasteiger partial charge is 0.266 e. The van der Waals surface area contributed by atoms with Crippen molar-refractivity contribution in [1.82, 2.24) is 0 Å². The summed E-state index contributed by atoms with van der Waals surface area (Å²) in [5.74, 6) is -1.19. The number of aromatic hydroxyl groups is 2. The maximum absolute atomic E-state index is 12.1. The van der Waals surface area contributed by atoms with Crippen LogP contribution in [0.25, 0.3) is 6.08 Å². The maximum Gasteiger partial charge on any atom is 0.266 e. The van der Waals surface area contributed by atoms with Crippen LogP contribution >= 0.6 is 11.6 Å². The molecule has 0 aromatic heterocycles. The molecular weight excluding hydrogens is 316 g/mol. The normalized spacial score (nSPS) is 10.9. The summed E-state index contributed by atoms with van der Waals surface area (Å²) in [6.45, 7) is 1.80. The average molecular weight is 329 g/mol. The van der Waals surface area contributed by atoms with Crippen LogP contribution in [-0.2, 0) is 4.79 Å². The van der Waals surface area contributed by atoms with Crippen LogP contribution in [-0.4, -0.2) is 16.1 Å². The fraction of sp³-hybridized carbons (Fsp3) is 0.0588. The van der Waals surface area contributed by atoms with Crippen molar-refractivity contribution in [3.05, 3.63) is 58.1 Å². The van der Waals surface area contributed by atoms with Crippen molar-refractivity contribution in [2.75, 3.05) is 5.32 Å². The predicted molar refractivity (Wildman–Crippen MR) is 88.2 cm³/mol. The molecular formula is C17H13ClN2O3. The molecule has 0 spiro atoms. The van der Waals surface area contributed by atoms with Gasteiger partial charge in [0.2, 0.25) is 0 Å². The van der Waals surface area contributed by atoms with E-state index in [1.165, 1.54) is 24.3 Å². The molecule has 0 radical (unpaired) electrons. The summed E-state index contributed by atoms with van der Waals surface area (Å²) in [7, 11) is 0. The van der Waals surface area contributed by atoms with Crippen LogP contribution in [0.5, 0.6) is 11.5 Å². The van der Waals surface area contributed by atoms with Crippen molar-refractivity contribution in [1.29, 1.82) is 5.26 Å². The van der Waals surface area contributed by atoms with Crippen molar-refractivity contribution >= 4 is 29.3 Å². The van der Waals surface area contributed by atoms with E-state index in [4.69, 9.17) is 16.9 Å². The SMILES string of the molecule is Cc1cc(NC(=O)/C(C#N)=C/c2ccc(O)c(O)c2)ccc1Cl. The summed E-state index contributed by atoms with van der Waals surface area (Å²) in [5, 5.41) is 31.0. The van der Waals surface area contributed by atoms with Crippen LogP contribution in [0.1, 0.15) is 11.1 Å². The number of amides is 1. The zero-order valence-electron chi connectivity index (χ0n) is 12.2. The van der Waals surface area contributed by atoms with E-state index in [1.807, 2.05) is 6.07 Å². The van der Waals surface area contributed by atoms with Crippen molar-refractivity contribution in [2.45, 2.75) is 6.92 Å². The van der Waals surface area contributed by atoms with E-state index in [0.29, 0.717) is 16.3 Å². The topological polar surface area (TPSA) is 93.4 Å². The Morgan fingerprint density at radius 1 is 1.22 bits per heavy atom. The van der Waals surface area contributed by atoms with Crippen LogP contribution in [0.15, 0.2) is 42.0 Å². The highest BCUT2D eigenvalue weighted by atomic mass is 35.5. The Hall–Kier alpha value is -2.97. The predicted octanol–water partition coefficient (Wildman–Crippen LogP) is 3.61. The number of carbonyl (C=O) groups is 1. The fourth-order valence-electron chi connectivity index (χ4n) is 1.87. The average Bonchev–Trinajstić information content (AvgIpc) is 2.52. The van der Waals surface area contributed by atoms with Gasteiger partial charge < -0.3 is 15.5 Å². The number of nitrogens with one attached hydrogen (secondary N) is 1. The van der Waals surface area contributed by atoms with Crippen molar-refractivity contribution in [3.8, 4) is 17.6 Å². The minimum Gasteiger partial charge on any atom is -0.504 e. The van der Waals surface area contributed by atoms with E-state index in [2.05, 4.69) is 5.32 Å². The van der Waals surface area contributed by atoms with Gasteiger partial charge >= 0.3 is 0 Å². The van der Waals surface area contributed by atoms with Crippen LogP contribution < -0.4 is 5.32 Å². The summed E-state index contributed by atoms with van der Waals surface area (Å²) in [4.78, 5) is 12.1. The third-order valence-corrected chi connectivity index (χ3v) is 3.52. The van der Waals surface area contributed by atoms with Gasteiger partial charge in [0.1, 0.15) is 11.6 Å². The highest BCUT2D eigenvalue weighted by Gasteiger charge is 2.11. The molecule has 6 heteroatoms. The van der Waals surface area contributed by atoms with E-state index in [0.717, 1.165) is 5.56 Å². The molecule has 0 fully saturated rings. The number of nitrogens with zero attached hydrogens (tertiary/aromatic N) is 1. The molecule has 3 N–H and O–H groups in total. The molecule has 0 atom stereocenters. The first kappa shape index (κ1) is 16.4. The quantitative estimate of drug-likeness (QED) is 0.456. The molecule has 0 aliphatic heterocycles. The van der Waals surface area contributed by atoms with Gasteiger partial charge in [-0.15, -0.1) is 0 Å². The number of aryl methyl sites for hydroxylation is 1. The molecule has 0 unspecified atom stereocenters. The minimum atomic E-state index is -0.582. The maximum atomic E-state index is 12.1. The fourth-order valence-corrected chi connectivity index (χ4v) is 1.98. The third-order valence-electron chi connectivity index (χ3n) is 3.09. The molecule has 0 bridgehead atoms. The van der Waals surface area contributed by atoms with Gasteiger partial charge in [0, 0.05) is 10.7 Å². The Labute approximate surface area is 138 Å². The number of phenolic OH excluding ortho intramolecular Hbond substituents is 2. The highest BCUT2D eigenvalue weighted by molar-refractivity contribution is 6.31. The first-order chi connectivity index (χ1) is 10.9. The van der Waals surface area contributed by atoms with E-state index in [9.17, 15) is 15.0 Å². The molecule has 1 amide bonds. The number of benzene rings is 2. The Kier molecular flexibility index (Phi) is 4.89. The molecule has 0 heterocycles. The lowest BCUT2D eigenvalue weighted by Gasteiger charge is -2.06. The molecule has 116 valence electrons. The molecule has 0 saturated heterocycles. The van der Waals surface area contributed by atoms with E-state index < -0.39 is 5.91 Å². The standard InChI is InChI=1S/C17H13ClN2O3/c1-10-6-13(3-4-14(10)18)20-17(23)12(9-19)7-11-2-5-15(21)16(22)8-11/h2-8,21-22H,1H3,(H,20,23)/b12-7+. The van der Waals surface area contributed by atoms with Gasteiger partial charge in [0.25, 0.3) is 5.91 Å². The summed E-state index contributed by atoms with van der Waals surface area (Å²) in [6, 6.07) is 10.8. The molecule has 5 nitrogen and oxygen atoms in total. The molecule has 0 saturated carbocycles. The zero-order chi connectivity index (χ0) is 17.0. The Bertz CT molecular complexity index is 838. The van der Waals surface area contributed by atoms with Crippen LogP contribution in [0.2, 0.25) is 5.02 Å². The first-order valence-electron chi connectivity index (χ1n) is 6.62. The molecule has 2 rings (SSSR count). The Balaban J connectivity index is 2.24. The zero-order valence-corrected chi connectivity index (χ0v) is 12.9. The Morgan fingerprint density at radius 3 is 2.57 bits per heavy atom. The van der Waals surface area contributed by atoms with Gasteiger partial charge in [0.15, 0.2) is 11.5 Å². The molecule has 0 aliphatic rings. The van der Waals surface area contributed by atoms with E-state index >= 15 is 0 Å².